The van der Waals surface area contributed by atoms with Gasteiger partial charge in [0.1, 0.15) is 5.75 Å². The summed E-state index contributed by atoms with van der Waals surface area (Å²) >= 11 is 4.85. The van der Waals surface area contributed by atoms with Crippen molar-refractivity contribution in [3.8, 4) is 5.75 Å². The van der Waals surface area contributed by atoms with Gasteiger partial charge in [0.05, 0.1) is 16.6 Å². The first-order chi connectivity index (χ1) is 8.11. The second kappa shape index (κ2) is 5.10. The van der Waals surface area contributed by atoms with Crippen LogP contribution in [0.5, 0.6) is 5.75 Å². The average Bonchev–Trinajstić information content (AvgIpc) is 2.78. The Hall–Kier alpha value is -1.01. The highest BCUT2D eigenvalue weighted by atomic mass is 79.9. The van der Waals surface area contributed by atoms with Crippen molar-refractivity contribution in [3.63, 3.8) is 0 Å². The molecule has 1 unspecified atom stereocenters. The minimum absolute atomic E-state index is 0.494. The molecule has 0 bridgehead atoms. The third kappa shape index (κ3) is 2.63. The van der Waals surface area contributed by atoms with Crippen molar-refractivity contribution in [3.05, 3.63) is 28.2 Å². The van der Waals surface area contributed by atoms with E-state index in [4.69, 9.17) is 9.84 Å². The molecule has 1 atom stereocenters. The molecule has 1 aliphatic heterocycles. The van der Waals surface area contributed by atoms with Crippen molar-refractivity contribution >= 4 is 38.7 Å². The summed E-state index contributed by atoms with van der Waals surface area (Å²) < 4.78 is 5.97. The molecule has 1 aromatic carbocycles. The highest BCUT2D eigenvalue weighted by Gasteiger charge is 2.25. The quantitative estimate of drug-likeness (QED) is 0.930. The molecular weight excluding hydrogens is 306 g/mol. The van der Waals surface area contributed by atoms with Crippen LogP contribution in [0.4, 0.5) is 0 Å². The van der Waals surface area contributed by atoms with Gasteiger partial charge in [0.2, 0.25) is 0 Å². The first kappa shape index (κ1) is 12.4. The SMILES string of the molecule is COc1ccc(C2=NC(C(=O)O)CS2)cc1Br. The molecule has 1 N–H and O–H groups in total. The minimum Gasteiger partial charge on any atom is -0.496 e. The van der Waals surface area contributed by atoms with Gasteiger partial charge in [-0.3, -0.25) is 4.99 Å². The Balaban J connectivity index is 2.27. The van der Waals surface area contributed by atoms with Crippen molar-refractivity contribution in [2.24, 2.45) is 4.99 Å². The Bertz CT molecular complexity index is 490. The van der Waals surface area contributed by atoms with Crippen molar-refractivity contribution in [1.29, 1.82) is 0 Å². The van der Waals surface area contributed by atoms with Crippen LogP contribution in [0.3, 0.4) is 0 Å². The van der Waals surface area contributed by atoms with Crippen LogP contribution >= 0.6 is 27.7 Å². The number of ether oxygens (including phenoxy) is 1. The predicted octanol–water partition coefficient (Wildman–Crippen LogP) is 2.40. The molecule has 2 rings (SSSR count). The van der Waals surface area contributed by atoms with Crippen LogP contribution in [0.25, 0.3) is 0 Å². The Morgan fingerprint density at radius 3 is 2.94 bits per heavy atom. The van der Waals surface area contributed by atoms with Gasteiger partial charge in [0, 0.05) is 11.3 Å². The van der Waals surface area contributed by atoms with Gasteiger partial charge < -0.3 is 9.84 Å². The lowest BCUT2D eigenvalue weighted by atomic mass is 10.2. The fourth-order valence-electron chi connectivity index (χ4n) is 1.46. The molecule has 1 aromatic rings. The molecule has 0 spiro atoms. The lowest BCUT2D eigenvalue weighted by Crippen LogP contribution is -2.17. The monoisotopic (exact) mass is 315 g/mol. The first-order valence-corrected chi connectivity index (χ1v) is 6.67. The van der Waals surface area contributed by atoms with Crippen LogP contribution in [0.2, 0.25) is 0 Å². The number of thioether (sulfide) groups is 1. The summed E-state index contributed by atoms with van der Waals surface area (Å²) in [4.78, 5) is 15.0. The molecule has 0 aromatic heterocycles. The van der Waals surface area contributed by atoms with E-state index in [-0.39, 0.29) is 0 Å². The van der Waals surface area contributed by atoms with Crippen molar-refractivity contribution < 1.29 is 14.6 Å². The van der Waals surface area contributed by atoms with Gasteiger partial charge in [-0.15, -0.1) is 11.8 Å². The van der Waals surface area contributed by atoms with Gasteiger partial charge in [-0.05, 0) is 34.1 Å². The van der Waals surface area contributed by atoms with Gasteiger partial charge >= 0.3 is 5.97 Å². The maximum atomic E-state index is 10.8. The van der Waals surface area contributed by atoms with Crippen LogP contribution in [0.15, 0.2) is 27.7 Å². The molecule has 0 radical (unpaired) electrons. The summed E-state index contributed by atoms with van der Waals surface area (Å²) in [6, 6.07) is 4.96. The largest absolute Gasteiger partial charge is 0.496 e. The number of hydrogen-bond donors (Lipinski definition) is 1. The smallest absolute Gasteiger partial charge is 0.329 e. The molecule has 0 saturated heterocycles. The molecule has 1 aliphatic rings. The zero-order valence-electron chi connectivity index (χ0n) is 9.01. The average molecular weight is 316 g/mol. The Morgan fingerprint density at radius 2 is 2.41 bits per heavy atom. The third-order valence-electron chi connectivity index (χ3n) is 2.33. The molecule has 4 nitrogen and oxygen atoms in total. The van der Waals surface area contributed by atoms with E-state index in [0.29, 0.717) is 5.75 Å². The van der Waals surface area contributed by atoms with E-state index in [1.807, 2.05) is 18.2 Å². The standard InChI is InChI=1S/C11H10BrNO3S/c1-16-9-3-2-6(4-7(9)12)10-13-8(5-17-10)11(14)15/h2-4,8H,5H2,1H3,(H,14,15). The number of carbonyl (C=O) groups is 1. The lowest BCUT2D eigenvalue weighted by molar-refractivity contribution is -0.137. The first-order valence-electron chi connectivity index (χ1n) is 4.89. The molecule has 0 aliphatic carbocycles. The van der Waals surface area contributed by atoms with Crippen LogP contribution in [0.1, 0.15) is 5.56 Å². The van der Waals surface area contributed by atoms with Gasteiger partial charge in [-0.25, -0.2) is 4.79 Å². The molecular formula is C11H10BrNO3S. The second-order valence-corrected chi connectivity index (χ2v) is 5.31. The number of benzene rings is 1. The fraction of sp³-hybridized carbons (Fsp3) is 0.273. The van der Waals surface area contributed by atoms with Gasteiger partial charge in [-0.1, -0.05) is 0 Å². The molecule has 90 valence electrons. The highest BCUT2D eigenvalue weighted by molar-refractivity contribution is 9.10. The van der Waals surface area contributed by atoms with Crippen LogP contribution < -0.4 is 4.74 Å². The zero-order chi connectivity index (χ0) is 12.4. The predicted molar refractivity (Wildman–Crippen MR) is 71.1 cm³/mol. The van der Waals surface area contributed by atoms with E-state index in [1.54, 1.807) is 7.11 Å². The topological polar surface area (TPSA) is 58.9 Å². The number of aliphatic carboxylic acids is 1. The van der Waals surface area contributed by atoms with E-state index >= 15 is 0 Å². The fourth-order valence-corrected chi connectivity index (χ4v) is 3.03. The number of nitrogens with zero attached hydrogens (tertiary/aromatic N) is 1. The molecule has 17 heavy (non-hydrogen) atoms. The maximum Gasteiger partial charge on any atom is 0.329 e. The van der Waals surface area contributed by atoms with Crippen molar-refractivity contribution in [2.75, 3.05) is 12.9 Å². The number of hydrogen-bond acceptors (Lipinski definition) is 4. The van der Waals surface area contributed by atoms with Gasteiger partial charge in [0.15, 0.2) is 6.04 Å². The molecule has 6 heteroatoms. The number of halogens is 1. The van der Waals surface area contributed by atoms with Gasteiger partial charge in [0.25, 0.3) is 0 Å². The number of rotatable bonds is 3. The zero-order valence-corrected chi connectivity index (χ0v) is 11.4. The summed E-state index contributed by atoms with van der Waals surface area (Å²) in [5.41, 5.74) is 0.909. The van der Waals surface area contributed by atoms with Crippen molar-refractivity contribution in [1.82, 2.24) is 0 Å². The van der Waals surface area contributed by atoms with E-state index in [0.717, 1.165) is 20.8 Å². The van der Waals surface area contributed by atoms with E-state index in [2.05, 4.69) is 20.9 Å². The Labute approximate surface area is 111 Å². The van der Waals surface area contributed by atoms with E-state index < -0.39 is 12.0 Å². The Morgan fingerprint density at radius 1 is 1.65 bits per heavy atom. The van der Waals surface area contributed by atoms with Crippen LogP contribution in [0, 0.1) is 0 Å². The summed E-state index contributed by atoms with van der Waals surface area (Å²) in [5.74, 6) is 0.362. The summed E-state index contributed by atoms with van der Waals surface area (Å²) in [6.45, 7) is 0. The van der Waals surface area contributed by atoms with Crippen LogP contribution in [-0.4, -0.2) is 35.0 Å². The molecule has 0 saturated carbocycles. The lowest BCUT2D eigenvalue weighted by Gasteiger charge is -2.05. The molecule has 1 heterocycles. The number of aliphatic imine (C=N–C) groups is 1. The number of carboxylic acids is 1. The molecule has 0 amide bonds. The van der Waals surface area contributed by atoms with Gasteiger partial charge in [-0.2, -0.15) is 0 Å². The van der Waals surface area contributed by atoms with Crippen molar-refractivity contribution in [2.45, 2.75) is 6.04 Å². The number of carboxylic acid groups (broad SMARTS) is 1. The van der Waals surface area contributed by atoms with E-state index in [1.165, 1.54) is 11.8 Å². The third-order valence-corrected chi connectivity index (χ3v) is 4.05. The van der Waals surface area contributed by atoms with Crippen LogP contribution in [-0.2, 0) is 4.79 Å². The normalized spacial score (nSPS) is 18.9. The van der Waals surface area contributed by atoms with E-state index in [9.17, 15) is 4.79 Å². The minimum atomic E-state index is -0.875. The summed E-state index contributed by atoms with van der Waals surface area (Å²) in [5, 5.41) is 9.63. The number of methoxy groups -OCH3 is 1. The summed E-state index contributed by atoms with van der Waals surface area (Å²) in [6.07, 6.45) is 0. The Kier molecular flexibility index (Phi) is 3.73. The highest BCUT2D eigenvalue weighted by Crippen LogP contribution is 2.30. The molecule has 0 fully saturated rings. The summed E-state index contributed by atoms with van der Waals surface area (Å²) in [7, 11) is 1.60. The second-order valence-electron chi connectivity index (χ2n) is 3.45. The maximum absolute atomic E-state index is 10.8.